The lowest BCUT2D eigenvalue weighted by Gasteiger charge is -2.09. The number of unbranched alkanes of at least 4 members (excludes halogenated alkanes) is 2. The Kier molecular flexibility index (Phi) is 9.33. The number of carbonyl (C=O) groups is 1. The number of carbonyl (C=O) groups excluding carboxylic acids is 1. The molecule has 3 rings (SSSR count). The van der Waals surface area contributed by atoms with E-state index in [-0.39, 0.29) is 12.6 Å². The summed E-state index contributed by atoms with van der Waals surface area (Å²) in [5.74, 6) is 1.05. The van der Waals surface area contributed by atoms with Crippen molar-refractivity contribution in [3.8, 4) is 33.8 Å². The Morgan fingerprint density at radius 1 is 0.688 bits per heavy atom. The molecule has 0 saturated heterocycles. The molecule has 0 unspecified atom stereocenters. The fourth-order valence-electron chi connectivity index (χ4n) is 3.23. The van der Waals surface area contributed by atoms with Crippen molar-refractivity contribution in [3.63, 3.8) is 0 Å². The van der Waals surface area contributed by atoms with Gasteiger partial charge < -0.3 is 14.2 Å². The molecule has 0 aliphatic rings. The van der Waals surface area contributed by atoms with Crippen LogP contribution in [0.1, 0.15) is 39.5 Å². The lowest BCUT2D eigenvalue weighted by Crippen LogP contribution is -2.16. The summed E-state index contributed by atoms with van der Waals surface area (Å²) in [7, 11) is 0. The van der Waals surface area contributed by atoms with Crippen molar-refractivity contribution in [3.05, 3.63) is 72.8 Å². The van der Waals surface area contributed by atoms with Gasteiger partial charge in [0.25, 0.3) is 0 Å². The lowest BCUT2D eigenvalue weighted by molar-refractivity contribution is -0.139. The maximum Gasteiger partial charge on any atom is 0.337 e. The Morgan fingerprint density at radius 3 is 1.84 bits per heavy atom. The third-order valence-corrected chi connectivity index (χ3v) is 5.10. The second-order valence-corrected chi connectivity index (χ2v) is 7.71. The van der Waals surface area contributed by atoms with Crippen LogP contribution in [0.15, 0.2) is 72.8 Å². The van der Waals surface area contributed by atoms with Crippen molar-refractivity contribution in [2.24, 2.45) is 0 Å². The van der Waals surface area contributed by atoms with Gasteiger partial charge >= 0.3 is 5.97 Å². The lowest BCUT2D eigenvalue weighted by atomic mass is 9.99. The average molecular weight is 433 g/mol. The van der Waals surface area contributed by atoms with Crippen molar-refractivity contribution in [1.82, 2.24) is 0 Å². The van der Waals surface area contributed by atoms with Crippen LogP contribution in [-0.2, 0) is 9.53 Å². The molecule has 4 heteroatoms. The Morgan fingerprint density at radius 2 is 1.25 bits per heavy atom. The highest BCUT2D eigenvalue weighted by Gasteiger charge is 2.07. The van der Waals surface area contributed by atoms with Crippen molar-refractivity contribution < 1.29 is 19.0 Å². The van der Waals surface area contributed by atoms with Gasteiger partial charge in [0.15, 0.2) is 0 Å². The van der Waals surface area contributed by atoms with Crippen LogP contribution in [0.3, 0.4) is 0 Å². The minimum Gasteiger partial charge on any atom is -0.494 e. The van der Waals surface area contributed by atoms with Crippen LogP contribution in [0.2, 0.25) is 0 Å². The maximum absolute atomic E-state index is 11.9. The molecule has 4 nitrogen and oxygen atoms in total. The predicted octanol–water partition coefficient (Wildman–Crippen LogP) is 6.92. The summed E-state index contributed by atoms with van der Waals surface area (Å²) in [5.41, 5.74) is 4.45. The van der Waals surface area contributed by atoms with E-state index < -0.39 is 0 Å². The number of benzene rings is 3. The topological polar surface area (TPSA) is 44.8 Å². The number of esters is 1. The van der Waals surface area contributed by atoms with Gasteiger partial charge in [-0.1, -0.05) is 69.2 Å². The standard InChI is InChI=1S/C28H32O4/c1-3-5-18-30-21-28(29)32-27-16-12-23(13-17-27)25-9-7-8-24(20-25)22-10-14-26(15-11-22)31-19-6-4-2/h7-17,20H,3-6,18-19,21H2,1-2H3. The first kappa shape index (κ1) is 23.6. The van der Waals surface area contributed by atoms with Gasteiger partial charge in [0.2, 0.25) is 0 Å². The first-order valence-electron chi connectivity index (χ1n) is 11.4. The Hall–Kier alpha value is -3.11. The molecule has 0 bridgehead atoms. The predicted molar refractivity (Wildman–Crippen MR) is 129 cm³/mol. The van der Waals surface area contributed by atoms with E-state index in [0.29, 0.717) is 12.4 Å². The highest BCUT2D eigenvalue weighted by molar-refractivity contribution is 5.75. The van der Waals surface area contributed by atoms with Crippen LogP contribution in [-0.4, -0.2) is 25.8 Å². The zero-order valence-corrected chi connectivity index (χ0v) is 19.0. The summed E-state index contributed by atoms with van der Waals surface area (Å²) < 4.78 is 16.4. The summed E-state index contributed by atoms with van der Waals surface area (Å²) in [4.78, 5) is 11.9. The molecule has 0 aromatic heterocycles. The Balaban J connectivity index is 1.61. The normalized spacial score (nSPS) is 10.7. The third-order valence-electron chi connectivity index (χ3n) is 5.10. The summed E-state index contributed by atoms with van der Waals surface area (Å²) in [6.45, 7) is 5.55. The molecule has 3 aromatic rings. The summed E-state index contributed by atoms with van der Waals surface area (Å²) in [6.07, 6.45) is 4.17. The fraction of sp³-hybridized carbons (Fsp3) is 0.321. The highest BCUT2D eigenvalue weighted by Crippen LogP contribution is 2.28. The Labute approximate surface area is 191 Å². The zero-order chi connectivity index (χ0) is 22.6. The van der Waals surface area contributed by atoms with Gasteiger partial charge in [-0.3, -0.25) is 0 Å². The molecular weight excluding hydrogens is 400 g/mol. The molecule has 0 aliphatic carbocycles. The van der Waals surface area contributed by atoms with Gasteiger partial charge in [-0.05, 0) is 65.4 Å². The van der Waals surface area contributed by atoms with E-state index in [4.69, 9.17) is 14.2 Å². The minimum absolute atomic E-state index is 0.0216. The minimum atomic E-state index is -0.377. The smallest absolute Gasteiger partial charge is 0.337 e. The zero-order valence-electron chi connectivity index (χ0n) is 19.0. The van der Waals surface area contributed by atoms with Gasteiger partial charge in [0.1, 0.15) is 18.1 Å². The summed E-state index contributed by atoms with van der Waals surface area (Å²) >= 11 is 0. The summed E-state index contributed by atoms with van der Waals surface area (Å²) in [5, 5.41) is 0. The van der Waals surface area contributed by atoms with E-state index >= 15 is 0 Å². The van der Waals surface area contributed by atoms with Gasteiger partial charge in [-0.2, -0.15) is 0 Å². The number of hydrogen-bond acceptors (Lipinski definition) is 4. The second kappa shape index (κ2) is 12.7. The van der Waals surface area contributed by atoms with Crippen LogP contribution in [0.25, 0.3) is 22.3 Å². The maximum atomic E-state index is 11.9. The molecule has 0 spiro atoms. The van der Waals surface area contributed by atoms with Crippen LogP contribution in [0.5, 0.6) is 11.5 Å². The SMILES string of the molecule is CCCCOCC(=O)Oc1ccc(-c2cccc(-c3ccc(OCCCC)cc3)c2)cc1. The second-order valence-electron chi connectivity index (χ2n) is 7.71. The fourth-order valence-corrected chi connectivity index (χ4v) is 3.23. The monoisotopic (exact) mass is 432 g/mol. The van der Waals surface area contributed by atoms with Gasteiger partial charge in [0, 0.05) is 6.61 Å². The largest absolute Gasteiger partial charge is 0.494 e. The van der Waals surface area contributed by atoms with Crippen molar-refractivity contribution in [2.45, 2.75) is 39.5 Å². The number of hydrogen-bond donors (Lipinski definition) is 0. The van der Waals surface area contributed by atoms with Crippen LogP contribution in [0, 0.1) is 0 Å². The van der Waals surface area contributed by atoms with E-state index in [1.807, 2.05) is 36.4 Å². The van der Waals surface area contributed by atoms with Crippen LogP contribution < -0.4 is 9.47 Å². The average Bonchev–Trinajstić information content (AvgIpc) is 2.83. The van der Waals surface area contributed by atoms with Gasteiger partial charge in [0.05, 0.1) is 6.61 Å². The molecule has 32 heavy (non-hydrogen) atoms. The molecule has 0 atom stereocenters. The molecule has 0 amide bonds. The molecule has 3 aromatic carbocycles. The first-order chi connectivity index (χ1) is 15.7. The molecule has 0 aliphatic heterocycles. The van der Waals surface area contributed by atoms with E-state index in [1.165, 1.54) is 0 Å². The van der Waals surface area contributed by atoms with E-state index in [0.717, 1.165) is 60.3 Å². The van der Waals surface area contributed by atoms with E-state index in [2.05, 4.69) is 50.2 Å². The van der Waals surface area contributed by atoms with Gasteiger partial charge in [-0.25, -0.2) is 4.79 Å². The first-order valence-corrected chi connectivity index (χ1v) is 11.4. The molecule has 0 N–H and O–H groups in total. The molecule has 0 fully saturated rings. The number of rotatable bonds is 12. The quantitative estimate of drug-likeness (QED) is 0.177. The van der Waals surface area contributed by atoms with Crippen molar-refractivity contribution >= 4 is 5.97 Å². The van der Waals surface area contributed by atoms with Crippen LogP contribution in [0.4, 0.5) is 0 Å². The summed E-state index contributed by atoms with van der Waals surface area (Å²) in [6, 6.07) is 24.2. The molecule has 0 saturated carbocycles. The third kappa shape index (κ3) is 7.24. The number of ether oxygens (including phenoxy) is 3. The molecular formula is C28H32O4. The van der Waals surface area contributed by atoms with Gasteiger partial charge in [-0.15, -0.1) is 0 Å². The molecule has 168 valence electrons. The van der Waals surface area contributed by atoms with Crippen molar-refractivity contribution in [1.29, 1.82) is 0 Å². The van der Waals surface area contributed by atoms with Crippen molar-refractivity contribution in [2.75, 3.05) is 19.8 Å². The highest BCUT2D eigenvalue weighted by atomic mass is 16.6. The van der Waals surface area contributed by atoms with E-state index in [9.17, 15) is 4.79 Å². The van der Waals surface area contributed by atoms with Crippen LogP contribution >= 0.6 is 0 Å². The molecule has 0 radical (unpaired) electrons. The Bertz CT molecular complexity index is 961. The van der Waals surface area contributed by atoms with E-state index in [1.54, 1.807) is 0 Å². The molecule has 0 heterocycles.